The van der Waals surface area contributed by atoms with Gasteiger partial charge in [-0.15, -0.1) is 0 Å². The van der Waals surface area contributed by atoms with E-state index >= 15 is 0 Å². The average molecular weight is 161 g/mol. The van der Waals surface area contributed by atoms with Crippen molar-refractivity contribution in [3.05, 3.63) is 36.4 Å². The molecule has 1 N–H and O–H groups in total. The van der Waals surface area contributed by atoms with Crippen molar-refractivity contribution in [3.8, 4) is 0 Å². The number of rotatable bonds is 2. The fourth-order valence-corrected chi connectivity index (χ4v) is 0.947. The van der Waals surface area contributed by atoms with Crippen molar-refractivity contribution < 1.29 is 4.79 Å². The molecule has 1 rings (SSSR count). The largest absolute Gasteiger partial charge is 0.326 e. The molecule has 0 heterocycles. The monoisotopic (exact) mass is 161 g/mol. The lowest BCUT2D eigenvalue weighted by Gasteiger charge is -2.01. The molecular formula is C10H11NO. The van der Waals surface area contributed by atoms with E-state index in [0.29, 0.717) is 0 Å². The number of carbonyl (C=O) groups excluding carboxylic acids is 1. The summed E-state index contributed by atoms with van der Waals surface area (Å²) in [6.45, 7) is 5.13. The Morgan fingerprint density at radius 1 is 1.58 bits per heavy atom. The van der Waals surface area contributed by atoms with Crippen molar-refractivity contribution in [1.29, 1.82) is 0 Å². The zero-order valence-electron chi connectivity index (χ0n) is 7.00. The first kappa shape index (κ1) is 8.53. The topological polar surface area (TPSA) is 29.1 Å². The van der Waals surface area contributed by atoms with Crippen LogP contribution >= 0.6 is 0 Å². The Balaban J connectivity index is 2.86. The lowest BCUT2D eigenvalue weighted by atomic mass is 10.2. The van der Waals surface area contributed by atoms with Crippen LogP contribution < -0.4 is 5.32 Å². The molecule has 2 heteroatoms. The zero-order chi connectivity index (χ0) is 8.97. The SMILES string of the molecule is C=Cc1cccc(NC(C)=O)c1. The number of carbonyl (C=O) groups is 1. The standard InChI is InChI=1S/C10H11NO/c1-3-9-5-4-6-10(7-9)11-8(2)12/h3-7H,1H2,2H3,(H,11,12). The zero-order valence-corrected chi connectivity index (χ0v) is 7.00. The minimum Gasteiger partial charge on any atom is -0.326 e. The number of anilines is 1. The molecule has 62 valence electrons. The minimum absolute atomic E-state index is 0.0591. The van der Waals surface area contributed by atoms with Gasteiger partial charge in [0.15, 0.2) is 0 Å². The van der Waals surface area contributed by atoms with Crippen LogP contribution in [0.15, 0.2) is 30.8 Å². The second-order valence-electron chi connectivity index (χ2n) is 2.51. The van der Waals surface area contributed by atoms with Gasteiger partial charge in [-0.05, 0) is 17.7 Å². The maximum Gasteiger partial charge on any atom is 0.221 e. The summed E-state index contributed by atoms with van der Waals surface area (Å²) in [5, 5.41) is 2.69. The maximum absolute atomic E-state index is 10.7. The normalized spacial score (nSPS) is 9.08. The van der Waals surface area contributed by atoms with Crippen LogP contribution in [0.2, 0.25) is 0 Å². The molecule has 0 bridgehead atoms. The molecule has 0 saturated heterocycles. The van der Waals surface area contributed by atoms with Gasteiger partial charge in [0.1, 0.15) is 0 Å². The van der Waals surface area contributed by atoms with Crippen LogP contribution in [0, 0.1) is 0 Å². The van der Waals surface area contributed by atoms with Crippen LogP contribution in [0.1, 0.15) is 12.5 Å². The van der Waals surface area contributed by atoms with E-state index in [9.17, 15) is 4.79 Å². The Morgan fingerprint density at radius 3 is 2.92 bits per heavy atom. The highest BCUT2D eigenvalue weighted by molar-refractivity contribution is 5.88. The lowest BCUT2D eigenvalue weighted by molar-refractivity contribution is -0.114. The fourth-order valence-electron chi connectivity index (χ4n) is 0.947. The number of hydrogen-bond donors (Lipinski definition) is 1. The van der Waals surface area contributed by atoms with Gasteiger partial charge in [0, 0.05) is 12.6 Å². The third-order valence-corrected chi connectivity index (χ3v) is 1.44. The molecule has 0 aliphatic rings. The van der Waals surface area contributed by atoms with E-state index in [1.54, 1.807) is 6.08 Å². The second kappa shape index (κ2) is 3.72. The van der Waals surface area contributed by atoms with Gasteiger partial charge < -0.3 is 5.32 Å². The van der Waals surface area contributed by atoms with Crippen LogP contribution in [0.3, 0.4) is 0 Å². The van der Waals surface area contributed by atoms with Gasteiger partial charge >= 0.3 is 0 Å². The van der Waals surface area contributed by atoms with Gasteiger partial charge in [-0.3, -0.25) is 4.79 Å². The van der Waals surface area contributed by atoms with E-state index in [2.05, 4.69) is 11.9 Å². The number of nitrogens with one attached hydrogen (secondary N) is 1. The first-order valence-electron chi connectivity index (χ1n) is 3.72. The first-order chi connectivity index (χ1) is 5.72. The molecule has 1 amide bonds. The van der Waals surface area contributed by atoms with Crippen molar-refractivity contribution in [1.82, 2.24) is 0 Å². The Labute approximate surface area is 71.9 Å². The van der Waals surface area contributed by atoms with E-state index < -0.39 is 0 Å². The summed E-state index contributed by atoms with van der Waals surface area (Å²) in [6.07, 6.45) is 1.74. The van der Waals surface area contributed by atoms with E-state index in [-0.39, 0.29) is 5.91 Å². The fraction of sp³-hybridized carbons (Fsp3) is 0.100. The Hall–Kier alpha value is -1.57. The molecule has 12 heavy (non-hydrogen) atoms. The molecule has 0 unspecified atom stereocenters. The predicted octanol–water partition coefficient (Wildman–Crippen LogP) is 2.29. The van der Waals surface area contributed by atoms with Crippen molar-refractivity contribution >= 4 is 17.7 Å². The summed E-state index contributed by atoms with van der Waals surface area (Å²) in [5.74, 6) is -0.0591. The maximum atomic E-state index is 10.7. The molecule has 0 saturated carbocycles. The van der Waals surface area contributed by atoms with E-state index in [4.69, 9.17) is 0 Å². The Morgan fingerprint density at radius 2 is 2.33 bits per heavy atom. The molecule has 1 aromatic carbocycles. The molecule has 2 nitrogen and oxygen atoms in total. The lowest BCUT2D eigenvalue weighted by Crippen LogP contribution is -2.05. The first-order valence-corrected chi connectivity index (χ1v) is 3.72. The Bertz CT molecular complexity index is 304. The highest BCUT2D eigenvalue weighted by atomic mass is 16.1. The Kier molecular flexibility index (Phi) is 2.64. The highest BCUT2D eigenvalue weighted by Gasteiger charge is 1.94. The molecule has 0 fully saturated rings. The van der Waals surface area contributed by atoms with E-state index in [1.807, 2.05) is 24.3 Å². The molecule has 0 spiro atoms. The van der Waals surface area contributed by atoms with Crippen molar-refractivity contribution in [2.24, 2.45) is 0 Å². The number of benzene rings is 1. The van der Waals surface area contributed by atoms with E-state index in [1.165, 1.54) is 6.92 Å². The molecule has 1 aromatic rings. The second-order valence-corrected chi connectivity index (χ2v) is 2.51. The third kappa shape index (κ3) is 2.23. The van der Waals surface area contributed by atoms with Crippen molar-refractivity contribution in [2.75, 3.05) is 5.32 Å². The number of hydrogen-bond acceptors (Lipinski definition) is 1. The molecule has 0 atom stereocenters. The highest BCUT2D eigenvalue weighted by Crippen LogP contribution is 2.10. The predicted molar refractivity (Wildman–Crippen MR) is 50.8 cm³/mol. The molecule has 0 aliphatic carbocycles. The van der Waals surface area contributed by atoms with Gasteiger partial charge in [0.05, 0.1) is 0 Å². The third-order valence-electron chi connectivity index (χ3n) is 1.44. The summed E-state index contributed by atoms with van der Waals surface area (Å²) in [6, 6.07) is 7.52. The van der Waals surface area contributed by atoms with Crippen LogP contribution in [0.5, 0.6) is 0 Å². The van der Waals surface area contributed by atoms with E-state index in [0.717, 1.165) is 11.3 Å². The summed E-state index contributed by atoms with van der Waals surface area (Å²) in [7, 11) is 0. The van der Waals surface area contributed by atoms with Crippen LogP contribution in [0.4, 0.5) is 5.69 Å². The van der Waals surface area contributed by atoms with Gasteiger partial charge in [-0.2, -0.15) is 0 Å². The molecule has 0 aromatic heterocycles. The molecule has 0 aliphatic heterocycles. The summed E-state index contributed by atoms with van der Waals surface area (Å²) in [5.41, 5.74) is 1.81. The minimum atomic E-state index is -0.0591. The smallest absolute Gasteiger partial charge is 0.221 e. The summed E-state index contributed by atoms with van der Waals surface area (Å²) >= 11 is 0. The van der Waals surface area contributed by atoms with Gasteiger partial charge in [-0.1, -0.05) is 24.8 Å². The van der Waals surface area contributed by atoms with Crippen LogP contribution in [-0.2, 0) is 4.79 Å². The number of amides is 1. The summed E-state index contributed by atoms with van der Waals surface area (Å²) < 4.78 is 0. The molecule has 0 radical (unpaired) electrons. The van der Waals surface area contributed by atoms with Crippen LogP contribution in [0.25, 0.3) is 6.08 Å². The van der Waals surface area contributed by atoms with Gasteiger partial charge in [-0.25, -0.2) is 0 Å². The van der Waals surface area contributed by atoms with Crippen molar-refractivity contribution in [3.63, 3.8) is 0 Å². The van der Waals surface area contributed by atoms with Crippen molar-refractivity contribution in [2.45, 2.75) is 6.92 Å². The van der Waals surface area contributed by atoms with Gasteiger partial charge in [0.2, 0.25) is 5.91 Å². The quantitative estimate of drug-likeness (QED) is 0.708. The van der Waals surface area contributed by atoms with Crippen LogP contribution in [-0.4, -0.2) is 5.91 Å². The molecular weight excluding hydrogens is 150 g/mol. The summed E-state index contributed by atoms with van der Waals surface area (Å²) in [4.78, 5) is 10.7. The average Bonchev–Trinajstić information content (AvgIpc) is 2.03. The van der Waals surface area contributed by atoms with Gasteiger partial charge in [0.25, 0.3) is 0 Å².